The SMILES string of the molecule is O=C(COC(=O)c1ccc([N+](=O)[O-])cc1)Nc1ccccc1C(=O)NC1CCCC1. The average molecular weight is 411 g/mol. The number of carbonyl (C=O) groups is 3. The highest BCUT2D eigenvalue weighted by atomic mass is 16.6. The van der Waals surface area contributed by atoms with E-state index in [1.165, 1.54) is 24.3 Å². The highest BCUT2D eigenvalue weighted by molar-refractivity contribution is 6.04. The molecule has 0 aliphatic heterocycles. The number of ether oxygens (including phenoxy) is 1. The number of nitro benzene ring substituents is 1. The van der Waals surface area contributed by atoms with Crippen molar-refractivity contribution in [1.29, 1.82) is 0 Å². The molecule has 0 spiro atoms. The predicted molar refractivity (Wildman–Crippen MR) is 108 cm³/mol. The van der Waals surface area contributed by atoms with Crippen LogP contribution in [0.25, 0.3) is 0 Å². The van der Waals surface area contributed by atoms with Gasteiger partial charge in [0.1, 0.15) is 0 Å². The van der Waals surface area contributed by atoms with Crippen LogP contribution in [0.1, 0.15) is 46.4 Å². The van der Waals surface area contributed by atoms with E-state index in [9.17, 15) is 24.5 Å². The molecule has 0 atom stereocenters. The first-order valence-corrected chi connectivity index (χ1v) is 9.55. The van der Waals surface area contributed by atoms with E-state index in [2.05, 4.69) is 10.6 Å². The lowest BCUT2D eigenvalue weighted by Crippen LogP contribution is -2.33. The van der Waals surface area contributed by atoms with Crippen LogP contribution in [0, 0.1) is 10.1 Å². The Morgan fingerprint density at radius 3 is 2.37 bits per heavy atom. The fourth-order valence-electron chi connectivity index (χ4n) is 3.24. The topological polar surface area (TPSA) is 128 Å². The Bertz CT molecular complexity index is 951. The Kier molecular flexibility index (Phi) is 6.74. The van der Waals surface area contributed by atoms with Gasteiger partial charge < -0.3 is 15.4 Å². The van der Waals surface area contributed by atoms with Crippen LogP contribution in [0.15, 0.2) is 48.5 Å². The van der Waals surface area contributed by atoms with Crippen LogP contribution < -0.4 is 10.6 Å². The molecule has 0 aromatic heterocycles. The van der Waals surface area contributed by atoms with Crippen LogP contribution in [-0.4, -0.2) is 35.4 Å². The standard InChI is InChI=1S/C21H21N3O6/c25-19(13-30-21(27)14-9-11-16(12-10-14)24(28)29)23-18-8-4-3-7-17(18)20(26)22-15-5-1-2-6-15/h3-4,7-12,15H,1-2,5-6,13H2,(H,22,26)(H,23,25). The van der Waals surface area contributed by atoms with Crippen molar-refractivity contribution in [2.45, 2.75) is 31.7 Å². The molecule has 156 valence electrons. The number of anilines is 1. The first-order chi connectivity index (χ1) is 14.4. The number of hydrogen-bond donors (Lipinski definition) is 2. The molecule has 30 heavy (non-hydrogen) atoms. The zero-order chi connectivity index (χ0) is 21.5. The molecule has 9 nitrogen and oxygen atoms in total. The Morgan fingerprint density at radius 2 is 1.70 bits per heavy atom. The molecule has 2 N–H and O–H groups in total. The van der Waals surface area contributed by atoms with Crippen LogP contribution in [0.2, 0.25) is 0 Å². The van der Waals surface area contributed by atoms with Crippen molar-refractivity contribution >= 4 is 29.2 Å². The lowest BCUT2D eigenvalue weighted by molar-refractivity contribution is -0.384. The minimum atomic E-state index is -0.785. The van der Waals surface area contributed by atoms with Crippen LogP contribution in [0.4, 0.5) is 11.4 Å². The summed E-state index contributed by atoms with van der Waals surface area (Å²) in [5.74, 6) is -1.65. The van der Waals surface area contributed by atoms with E-state index in [0.29, 0.717) is 11.3 Å². The number of amides is 2. The largest absolute Gasteiger partial charge is 0.452 e. The van der Waals surface area contributed by atoms with E-state index in [1.54, 1.807) is 24.3 Å². The van der Waals surface area contributed by atoms with Crippen molar-refractivity contribution < 1.29 is 24.0 Å². The zero-order valence-electron chi connectivity index (χ0n) is 16.1. The highest BCUT2D eigenvalue weighted by Crippen LogP contribution is 2.20. The van der Waals surface area contributed by atoms with E-state index in [-0.39, 0.29) is 23.2 Å². The Hall–Kier alpha value is -3.75. The van der Waals surface area contributed by atoms with Crippen LogP contribution in [0.5, 0.6) is 0 Å². The second-order valence-electron chi connectivity index (χ2n) is 6.93. The summed E-state index contributed by atoms with van der Waals surface area (Å²) in [5.41, 5.74) is 0.588. The van der Waals surface area contributed by atoms with Gasteiger partial charge in [0.2, 0.25) is 0 Å². The van der Waals surface area contributed by atoms with Crippen molar-refractivity contribution in [3.05, 3.63) is 69.8 Å². The van der Waals surface area contributed by atoms with Crippen LogP contribution in [0.3, 0.4) is 0 Å². The summed E-state index contributed by atoms with van der Waals surface area (Å²) in [5, 5.41) is 16.2. The first kappa shape index (κ1) is 21.0. The third-order valence-corrected chi connectivity index (χ3v) is 4.78. The van der Waals surface area contributed by atoms with Crippen molar-refractivity contribution in [3.63, 3.8) is 0 Å². The molecular weight excluding hydrogens is 390 g/mol. The number of carbonyl (C=O) groups excluding carboxylic acids is 3. The molecule has 1 aliphatic carbocycles. The van der Waals surface area contributed by atoms with Gasteiger partial charge in [-0.2, -0.15) is 0 Å². The fourth-order valence-corrected chi connectivity index (χ4v) is 3.24. The summed E-state index contributed by atoms with van der Waals surface area (Å²) in [6.45, 7) is -0.561. The molecule has 2 amide bonds. The third kappa shape index (κ3) is 5.40. The van der Waals surface area contributed by atoms with E-state index in [4.69, 9.17) is 4.74 Å². The highest BCUT2D eigenvalue weighted by Gasteiger charge is 2.20. The maximum atomic E-state index is 12.5. The third-order valence-electron chi connectivity index (χ3n) is 4.78. The van der Waals surface area contributed by atoms with Gasteiger partial charge in [-0.3, -0.25) is 19.7 Å². The molecule has 0 heterocycles. The Balaban J connectivity index is 1.56. The Morgan fingerprint density at radius 1 is 1.03 bits per heavy atom. The Labute approximate surface area is 172 Å². The number of nitrogens with one attached hydrogen (secondary N) is 2. The van der Waals surface area contributed by atoms with Gasteiger partial charge in [0.15, 0.2) is 6.61 Å². The normalized spacial score (nSPS) is 13.5. The minimum Gasteiger partial charge on any atom is -0.452 e. The van der Waals surface area contributed by atoms with Gasteiger partial charge >= 0.3 is 5.97 Å². The minimum absolute atomic E-state index is 0.0877. The van der Waals surface area contributed by atoms with Gasteiger partial charge in [0.25, 0.3) is 17.5 Å². The summed E-state index contributed by atoms with van der Waals surface area (Å²) in [4.78, 5) is 46.8. The second kappa shape index (κ2) is 9.64. The molecule has 0 unspecified atom stereocenters. The van der Waals surface area contributed by atoms with Crippen LogP contribution in [-0.2, 0) is 9.53 Å². The smallest absolute Gasteiger partial charge is 0.338 e. The summed E-state index contributed by atoms with van der Waals surface area (Å²) in [7, 11) is 0. The predicted octanol–water partition coefficient (Wildman–Crippen LogP) is 3.06. The lowest BCUT2D eigenvalue weighted by Gasteiger charge is -2.15. The van der Waals surface area contributed by atoms with Gasteiger partial charge in [0, 0.05) is 18.2 Å². The maximum absolute atomic E-state index is 12.5. The number of esters is 1. The second-order valence-corrected chi connectivity index (χ2v) is 6.93. The quantitative estimate of drug-likeness (QED) is 0.409. The van der Waals surface area contributed by atoms with E-state index < -0.39 is 23.4 Å². The summed E-state index contributed by atoms with van der Waals surface area (Å²) >= 11 is 0. The van der Waals surface area contributed by atoms with Gasteiger partial charge in [-0.15, -0.1) is 0 Å². The van der Waals surface area contributed by atoms with Gasteiger partial charge in [-0.25, -0.2) is 4.79 Å². The monoisotopic (exact) mass is 411 g/mol. The van der Waals surface area contributed by atoms with E-state index in [0.717, 1.165) is 25.7 Å². The average Bonchev–Trinajstić information content (AvgIpc) is 3.25. The molecule has 1 fully saturated rings. The number of nitro groups is 1. The molecule has 9 heteroatoms. The summed E-state index contributed by atoms with van der Waals surface area (Å²) in [6, 6.07) is 11.6. The number of para-hydroxylation sites is 1. The van der Waals surface area contributed by atoms with Crippen LogP contribution >= 0.6 is 0 Å². The molecule has 1 saturated carbocycles. The molecule has 1 aliphatic rings. The number of benzene rings is 2. The molecule has 0 saturated heterocycles. The molecule has 2 aromatic carbocycles. The van der Waals surface area contributed by atoms with E-state index >= 15 is 0 Å². The fraction of sp³-hybridized carbons (Fsp3) is 0.286. The van der Waals surface area contributed by atoms with Crippen molar-refractivity contribution in [1.82, 2.24) is 5.32 Å². The summed E-state index contributed by atoms with van der Waals surface area (Å²) < 4.78 is 4.95. The number of nitrogens with zero attached hydrogens (tertiary/aromatic N) is 1. The summed E-state index contributed by atoms with van der Waals surface area (Å²) in [6.07, 6.45) is 4.06. The number of non-ortho nitro benzene ring substituents is 1. The van der Waals surface area contributed by atoms with Crippen molar-refractivity contribution in [3.8, 4) is 0 Å². The zero-order valence-corrected chi connectivity index (χ0v) is 16.1. The first-order valence-electron chi connectivity index (χ1n) is 9.55. The number of rotatable bonds is 7. The van der Waals surface area contributed by atoms with Crippen molar-refractivity contribution in [2.24, 2.45) is 0 Å². The lowest BCUT2D eigenvalue weighted by atomic mass is 10.1. The molecule has 3 rings (SSSR count). The van der Waals surface area contributed by atoms with Gasteiger partial charge in [-0.1, -0.05) is 25.0 Å². The van der Waals surface area contributed by atoms with Gasteiger partial charge in [-0.05, 0) is 37.1 Å². The molecule has 0 bridgehead atoms. The van der Waals surface area contributed by atoms with Gasteiger partial charge in [0.05, 0.1) is 21.7 Å². The molecular formula is C21H21N3O6. The maximum Gasteiger partial charge on any atom is 0.338 e. The van der Waals surface area contributed by atoms with Crippen molar-refractivity contribution in [2.75, 3.05) is 11.9 Å². The molecule has 2 aromatic rings. The molecule has 0 radical (unpaired) electrons. The van der Waals surface area contributed by atoms with E-state index in [1.807, 2.05) is 0 Å². The number of hydrogen-bond acceptors (Lipinski definition) is 6.